The molecule has 0 bridgehead atoms. The van der Waals surface area contributed by atoms with Crippen LogP contribution in [0.15, 0.2) is 41.3 Å². The zero-order valence-corrected chi connectivity index (χ0v) is 12.0. The molecule has 0 aliphatic heterocycles. The highest BCUT2D eigenvalue weighted by Crippen LogP contribution is 2.21. The molecule has 0 fully saturated rings. The summed E-state index contributed by atoms with van der Waals surface area (Å²) in [6, 6.07) is 8.60. The summed E-state index contributed by atoms with van der Waals surface area (Å²) in [5, 5.41) is -0.105. The van der Waals surface area contributed by atoms with Crippen molar-refractivity contribution in [2.75, 3.05) is 0 Å². The van der Waals surface area contributed by atoms with Crippen LogP contribution in [0.3, 0.4) is 0 Å². The van der Waals surface area contributed by atoms with Crippen molar-refractivity contribution in [2.45, 2.75) is 17.2 Å². The topological polar surface area (TPSA) is 43.1 Å². The molecule has 20 heavy (non-hydrogen) atoms. The zero-order chi connectivity index (χ0) is 14.7. The molecule has 2 rings (SSSR count). The Balaban J connectivity index is 2.25. The molecule has 0 amide bonds. The first-order valence-corrected chi connectivity index (χ1v) is 7.52. The normalized spacial score (nSPS) is 12.4. The van der Waals surface area contributed by atoms with Crippen LogP contribution >= 0.6 is 11.6 Å². The van der Waals surface area contributed by atoms with Crippen LogP contribution in [0.5, 0.6) is 0 Å². The van der Waals surface area contributed by atoms with E-state index in [4.69, 9.17) is 17.3 Å². The Hall–Kier alpha value is -1.30. The molecule has 2 nitrogen and oxygen atoms in total. The van der Waals surface area contributed by atoms with E-state index in [1.165, 1.54) is 12.1 Å². The first-order chi connectivity index (χ1) is 9.52. The maximum Gasteiger partial charge on any atom is 0.141 e. The highest BCUT2D eigenvalue weighted by atomic mass is 35.5. The van der Waals surface area contributed by atoms with E-state index in [9.17, 15) is 13.0 Å². The summed E-state index contributed by atoms with van der Waals surface area (Å²) in [7, 11) is -1.51. The lowest BCUT2D eigenvalue weighted by Gasteiger charge is -2.07. The van der Waals surface area contributed by atoms with Crippen molar-refractivity contribution in [1.82, 2.24) is 0 Å². The van der Waals surface area contributed by atoms with Crippen molar-refractivity contribution in [1.29, 1.82) is 0 Å². The molecule has 0 saturated carbocycles. The van der Waals surface area contributed by atoms with E-state index >= 15 is 0 Å². The van der Waals surface area contributed by atoms with Gasteiger partial charge in [0.25, 0.3) is 0 Å². The zero-order valence-electron chi connectivity index (χ0n) is 10.4. The minimum atomic E-state index is -1.51. The molecule has 0 saturated heterocycles. The highest BCUT2D eigenvalue weighted by molar-refractivity contribution is 7.84. The molecule has 2 aromatic rings. The summed E-state index contributed by atoms with van der Waals surface area (Å²) in [4.78, 5) is 0.356. The van der Waals surface area contributed by atoms with Gasteiger partial charge in [0.05, 0.1) is 21.6 Å². The smallest absolute Gasteiger partial charge is 0.141 e. The van der Waals surface area contributed by atoms with Gasteiger partial charge in [0, 0.05) is 22.6 Å². The van der Waals surface area contributed by atoms with E-state index in [1.54, 1.807) is 18.2 Å². The van der Waals surface area contributed by atoms with Gasteiger partial charge in [0.15, 0.2) is 0 Å². The summed E-state index contributed by atoms with van der Waals surface area (Å²) in [6.07, 6.45) is 0. The summed E-state index contributed by atoms with van der Waals surface area (Å²) < 4.78 is 39.2. The number of hydrogen-bond acceptors (Lipinski definition) is 2. The van der Waals surface area contributed by atoms with E-state index in [2.05, 4.69) is 0 Å². The summed E-state index contributed by atoms with van der Waals surface area (Å²) in [5.74, 6) is -1.04. The number of benzene rings is 2. The third kappa shape index (κ3) is 3.23. The molecular weight excluding hydrogens is 304 g/mol. The first kappa shape index (κ1) is 15.1. The van der Waals surface area contributed by atoms with Gasteiger partial charge >= 0.3 is 0 Å². The predicted octanol–water partition coefficient (Wildman–Crippen LogP) is 3.38. The SMILES string of the molecule is NCc1cccc(CS(=O)c2ccc(F)c(Cl)c2)c1F. The van der Waals surface area contributed by atoms with Crippen LogP contribution in [-0.4, -0.2) is 4.21 Å². The molecule has 0 heterocycles. The molecular formula is C14H12ClF2NOS. The van der Waals surface area contributed by atoms with Crippen LogP contribution in [0.1, 0.15) is 11.1 Å². The molecule has 2 N–H and O–H groups in total. The Labute approximate surface area is 123 Å². The maximum atomic E-state index is 14.0. The van der Waals surface area contributed by atoms with Gasteiger partial charge in [-0.25, -0.2) is 8.78 Å². The fourth-order valence-electron chi connectivity index (χ4n) is 1.75. The number of nitrogens with two attached hydrogens (primary N) is 1. The molecule has 1 atom stereocenters. The molecule has 0 radical (unpaired) electrons. The van der Waals surface area contributed by atoms with E-state index in [1.807, 2.05) is 0 Å². The molecule has 0 aliphatic rings. The van der Waals surface area contributed by atoms with Gasteiger partial charge < -0.3 is 5.73 Å². The van der Waals surface area contributed by atoms with E-state index in [0.717, 1.165) is 6.07 Å². The van der Waals surface area contributed by atoms with Gasteiger partial charge in [-0.1, -0.05) is 29.8 Å². The largest absolute Gasteiger partial charge is 0.326 e. The van der Waals surface area contributed by atoms with Gasteiger partial charge in [0.2, 0.25) is 0 Å². The lowest BCUT2D eigenvalue weighted by molar-refractivity contribution is 0.598. The Morgan fingerprint density at radius 2 is 1.85 bits per heavy atom. The predicted molar refractivity (Wildman–Crippen MR) is 75.8 cm³/mol. The summed E-state index contributed by atoms with van der Waals surface area (Å²) >= 11 is 5.64. The van der Waals surface area contributed by atoms with Crippen molar-refractivity contribution in [2.24, 2.45) is 5.73 Å². The van der Waals surface area contributed by atoms with Crippen molar-refractivity contribution in [3.05, 3.63) is 64.2 Å². The second-order valence-corrected chi connectivity index (χ2v) is 6.02. The highest BCUT2D eigenvalue weighted by Gasteiger charge is 2.12. The molecule has 2 aromatic carbocycles. The Bertz CT molecular complexity index is 664. The number of rotatable bonds is 4. The second kappa shape index (κ2) is 6.43. The Morgan fingerprint density at radius 1 is 1.15 bits per heavy atom. The van der Waals surface area contributed by atoms with Gasteiger partial charge in [-0.05, 0) is 18.2 Å². The van der Waals surface area contributed by atoms with Crippen LogP contribution in [0.4, 0.5) is 8.78 Å². The first-order valence-electron chi connectivity index (χ1n) is 5.82. The summed E-state index contributed by atoms with van der Waals surface area (Å²) in [5.41, 5.74) is 6.11. The number of halogens is 3. The fraction of sp³-hybridized carbons (Fsp3) is 0.143. The van der Waals surface area contributed by atoms with E-state index in [-0.39, 0.29) is 17.3 Å². The average Bonchev–Trinajstić information content (AvgIpc) is 2.44. The van der Waals surface area contributed by atoms with Crippen molar-refractivity contribution in [3.8, 4) is 0 Å². The average molecular weight is 316 g/mol. The molecule has 6 heteroatoms. The third-order valence-corrected chi connectivity index (χ3v) is 4.46. The minimum absolute atomic E-state index is 0.0123. The molecule has 0 spiro atoms. The Morgan fingerprint density at radius 3 is 2.50 bits per heavy atom. The molecule has 106 valence electrons. The van der Waals surface area contributed by atoms with Gasteiger partial charge in [0.1, 0.15) is 11.6 Å². The van der Waals surface area contributed by atoms with Crippen LogP contribution in [-0.2, 0) is 23.1 Å². The Kier molecular flexibility index (Phi) is 4.86. The quantitative estimate of drug-likeness (QED) is 0.940. The minimum Gasteiger partial charge on any atom is -0.326 e. The van der Waals surface area contributed by atoms with Crippen molar-refractivity contribution in [3.63, 3.8) is 0 Å². The van der Waals surface area contributed by atoms with Gasteiger partial charge in [-0.3, -0.25) is 4.21 Å². The third-order valence-electron chi connectivity index (χ3n) is 2.82. The van der Waals surface area contributed by atoms with Gasteiger partial charge in [-0.15, -0.1) is 0 Å². The lowest BCUT2D eigenvalue weighted by atomic mass is 10.1. The lowest BCUT2D eigenvalue weighted by Crippen LogP contribution is -2.05. The van der Waals surface area contributed by atoms with Crippen molar-refractivity contribution < 1.29 is 13.0 Å². The second-order valence-electron chi connectivity index (χ2n) is 4.16. The molecule has 1 unspecified atom stereocenters. The fourth-order valence-corrected chi connectivity index (χ4v) is 3.13. The van der Waals surface area contributed by atoms with E-state index in [0.29, 0.717) is 16.0 Å². The van der Waals surface area contributed by atoms with E-state index < -0.39 is 22.4 Å². The van der Waals surface area contributed by atoms with Crippen molar-refractivity contribution >= 4 is 22.4 Å². The van der Waals surface area contributed by atoms with Crippen LogP contribution in [0.25, 0.3) is 0 Å². The van der Waals surface area contributed by atoms with Crippen LogP contribution in [0.2, 0.25) is 5.02 Å². The maximum absolute atomic E-state index is 14.0. The monoisotopic (exact) mass is 315 g/mol. The van der Waals surface area contributed by atoms with Crippen LogP contribution in [0, 0.1) is 11.6 Å². The van der Waals surface area contributed by atoms with Gasteiger partial charge in [-0.2, -0.15) is 0 Å². The molecule has 0 aliphatic carbocycles. The van der Waals surface area contributed by atoms with Crippen LogP contribution < -0.4 is 5.73 Å². The number of hydrogen-bond donors (Lipinski definition) is 1. The molecule has 0 aromatic heterocycles. The standard InChI is InChI=1S/C14H12ClF2NOS/c15-12-6-11(4-5-13(12)16)20(19)8-10-3-1-2-9(7-18)14(10)17/h1-6H,7-8,18H2. The summed E-state index contributed by atoms with van der Waals surface area (Å²) in [6.45, 7) is 0.0781.